The van der Waals surface area contributed by atoms with Gasteiger partial charge in [-0.1, -0.05) is 6.07 Å². The number of nitrogens with two attached hydrogens (primary N) is 1. The second-order valence-corrected chi connectivity index (χ2v) is 4.73. The number of nitro groups is 1. The SMILES string of the molecule is NCC1(Cc2ccc([N+](=O)[O-])c(F)c2)CCOC1. The highest BCUT2D eigenvalue weighted by molar-refractivity contribution is 5.35. The average molecular weight is 254 g/mol. The van der Waals surface area contributed by atoms with Crippen LogP contribution in [0.25, 0.3) is 0 Å². The molecule has 0 bridgehead atoms. The third-order valence-electron chi connectivity index (χ3n) is 3.41. The quantitative estimate of drug-likeness (QED) is 0.654. The van der Waals surface area contributed by atoms with E-state index in [9.17, 15) is 14.5 Å². The molecule has 6 heteroatoms. The van der Waals surface area contributed by atoms with Crippen LogP contribution in [0.2, 0.25) is 0 Å². The van der Waals surface area contributed by atoms with Crippen molar-refractivity contribution in [3.63, 3.8) is 0 Å². The van der Waals surface area contributed by atoms with Crippen LogP contribution in [0.4, 0.5) is 10.1 Å². The Morgan fingerprint density at radius 1 is 1.56 bits per heavy atom. The summed E-state index contributed by atoms with van der Waals surface area (Å²) >= 11 is 0. The smallest absolute Gasteiger partial charge is 0.304 e. The molecule has 1 saturated heterocycles. The highest BCUT2D eigenvalue weighted by Gasteiger charge is 2.34. The van der Waals surface area contributed by atoms with E-state index in [-0.39, 0.29) is 5.41 Å². The molecule has 5 nitrogen and oxygen atoms in total. The minimum absolute atomic E-state index is 0.164. The van der Waals surface area contributed by atoms with Crippen molar-refractivity contribution in [3.05, 3.63) is 39.7 Å². The van der Waals surface area contributed by atoms with Crippen molar-refractivity contribution in [2.24, 2.45) is 11.1 Å². The first-order valence-corrected chi connectivity index (χ1v) is 5.77. The molecule has 2 N–H and O–H groups in total. The number of nitro benzene ring substituents is 1. The van der Waals surface area contributed by atoms with Crippen LogP contribution < -0.4 is 5.73 Å². The van der Waals surface area contributed by atoms with Crippen LogP contribution in [0.5, 0.6) is 0 Å². The van der Waals surface area contributed by atoms with Crippen LogP contribution in [-0.2, 0) is 11.2 Å². The Morgan fingerprint density at radius 3 is 2.83 bits per heavy atom. The number of nitrogens with zero attached hydrogens (tertiary/aromatic N) is 1. The van der Waals surface area contributed by atoms with Gasteiger partial charge in [-0.2, -0.15) is 4.39 Å². The maximum atomic E-state index is 13.5. The summed E-state index contributed by atoms with van der Waals surface area (Å²) in [7, 11) is 0. The van der Waals surface area contributed by atoms with Gasteiger partial charge in [0.2, 0.25) is 5.82 Å². The maximum Gasteiger partial charge on any atom is 0.304 e. The van der Waals surface area contributed by atoms with E-state index in [1.807, 2.05) is 0 Å². The van der Waals surface area contributed by atoms with Gasteiger partial charge in [0.15, 0.2) is 0 Å². The fourth-order valence-corrected chi connectivity index (χ4v) is 2.26. The number of hydrogen-bond acceptors (Lipinski definition) is 4. The van der Waals surface area contributed by atoms with Crippen molar-refractivity contribution in [1.29, 1.82) is 0 Å². The molecule has 0 aliphatic carbocycles. The van der Waals surface area contributed by atoms with Gasteiger partial charge in [-0.15, -0.1) is 0 Å². The second kappa shape index (κ2) is 4.99. The van der Waals surface area contributed by atoms with E-state index in [1.54, 1.807) is 6.07 Å². The zero-order valence-electron chi connectivity index (χ0n) is 9.89. The molecule has 18 heavy (non-hydrogen) atoms. The van der Waals surface area contributed by atoms with Gasteiger partial charge in [0.05, 0.1) is 11.5 Å². The summed E-state index contributed by atoms with van der Waals surface area (Å²) in [6.07, 6.45) is 1.42. The average Bonchev–Trinajstić information content (AvgIpc) is 2.78. The van der Waals surface area contributed by atoms with Crippen LogP contribution >= 0.6 is 0 Å². The molecule has 0 radical (unpaired) electrons. The van der Waals surface area contributed by atoms with E-state index in [4.69, 9.17) is 10.5 Å². The monoisotopic (exact) mass is 254 g/mol. The number of benzene rings is 1. The van der Waals surface area contributed by atoms with Gasteiger partial charge in [0, 0.05) is 24.6 Å². The summed E-state index contributed by atoms with van der Waals surface area (Å²) in [6.45, 7) is 1.68. The van der Waals surface area contributed by atoms with Crippen molar-refractivity contribution in [2.75, 3.05) is 19.8 Å². The fourth-order valence-electron chi connectivity index (χ4n) is 2.26. The highest BCUT2D eigenvalue weighted by atomic mass is 19.1. The Hall–Kier alpha value is -1.53. The van der Waals surface area contributed by atoms with Gasteiger partial charge in [0.1, 0.15) is 0 Å². The molecule has 1 atom stereocenters. The number of ether oxygens (including phenoxy) is 1. The first-order valence-electron chi connectivity index (χ1n) is 5.77. The predicted octanol–water partition coefficient (Wildman–Crippen LogP) is 1.64. The summed E-state index contributed by atoms with van der Waals surface area (Å²) in [5.74, 6) is -0.802. The molecular formula is C12H15FN2O3. The van der Waals surface area contributed by atoms with E-state index in [1.165, 1.54) is 12.1 Å². The van der Waals surface area contributed by atoms with Crippen LogP contribution in [0.3, 0.4) is 0 Å². The molecule has 0 saturated carbocycles. The van der Waals surface area contributed by atoms with Crippen molar-refractivity contribution in [1.82, 2.24) is 0 Å². The molecule has 1 fully saturated rings. The fraction of sp³-hybridized carbons (Fsp3) is 0.500. The molecule has 1 aromatic rings. The number of rotatable bonds is 4. The molecule has 98 valence electrons. The van der Waals surface area contributed by atoms with Crippen LogP contribution in [0.15, 0.2) is 18.2 Å². The minimum atomic E-state index is -0.802. The molecular weight excluding hydrogens is 239 g/mol. The van der Waals surface area contributed by atoms with Gasteiger partial charge >= 0.3 is 5.69 Å². The van der Waals surface area contributed by atoms with Gasteiger partial charge in [0.25, 0.3) is 0 Å². The summed E-state index contributed by atoms with van der Waals surface area (Å²) in [5.41, 5.74) is 5.81. The molecule has 1 aliphatic heterocycles. The van der Waals surface area contributed by atoms with E-state index < -0.39 is 16.4 Å². The molecule has 1 unspecified atom stereocenters. The van der Waals surface area contributed by atoms with Crippen molar-refractivity contribution < 1.29 is 14.1 Å². The van der Waals surface area contributed by atoms with Gasteiger partial charge in [-0.05, 0) is 24.5 Å². The van der Waals surface area contributed by atoms with Gasteiger partial charge in [-0.25, -0.2) is 0 Å². The van der Waals surface area contributed by atoms with Gasteiger partial charge < -0.3 is 10.5 Å². The summed E-state index contributed by atoms with van der Waals surface area (Å²) in [5, 5.41) is 10.5. The predicted molar refractivity (Wildman–Crippen MR) is 63.7 cm³/mol. The third kappa shape index (κ3) is 2.49. The van der Waals surface area contributed by atoms with Crippen LogP contribution in [-0.4, -0.2) is 24.7 Å². The Labute approximate surface area is 104 Å². The largest absolute Gasteiger partial charge is 0.381 e. The van der Waals surface area contributed by atoms with E-state index in [2.05, 4.69) is 0 Å². The molecule has 0 spiro atoms. The topological polar surface area (TPSA) is 78.4 Å². The maximum absolute atomic E-state index is 13.5. The van der Waals surface area contributed by atoms with Crippen LogP contribution in [0, 0.1) is 21.3 Å². The second-order valence-electron chi connectivity index (χ2n) is 4.73. The Balaban J connectivity index is 2.19. The minimum Gasteiger partial charge on any atom is -0.381 e. The molecule has 0 aromatic heterocycles. The molecule has 2 rings (SSSR count). The number of halogens is 1. The molecule has 1 heterocycles. The van der Waals surface area contributed by atoms with Crippen molar-refractivity contribution in [3.8, 4) is 0 Å². The lowest BCUT2D eigenvalue weighted by atomic mass is 9.81. The van der Waals surface area contributed by atoms with Gasteiger partial charge in [-0.3, -0.25) is 10.1 Å². The van der Waals surface area contributed by atoms with Crippen molar-refractivity contribution in [2.45, 2.75) is 12.8 Å². The summed E-state index contributed by atoms with van der Waals surface area (Å²) in [4.78, 5) is 9.80. The highest BCUT2D eigenvalue weighted by Crippen LogP contribution is 2.32. The molecule has 1 aromatic carbocycles. The summed E-state index contributed by atoms with van der Waals surface area (Å²) < 4.78 is 18.8. The standard InChI is InChI=1S/C12H15FN2O3/c13-10-5-9(1-2-11(10)15(16)17)6-12(7-14)3-4-18-8-12/h1-2,5H,3-4,6-8,14H2. The Kier molecular flexibility index (Phi) is 3.58. The lowest BCUT2D eigenvalue weighted by Crippen LogP contribution is -2.33. The normalized spacial score (nSPS) is 23.2. The first kappa shape index (κ1) is 12.9. The van der Waals surface area contributed by atoms with E-state index >= 15 is 0 Å². The lowest BCUT2D eigenvalue weighted by Gasteiger charge is -2.25. The Morgan fingerprint density at radius 2 is 2.33 bits per heavy atom. The lowest BCUT2D eigenvalue weighted by molar-refractivity contribution is -0.387. The third-order valence-corrected chi connectivity index (χ3v) is 3.41. The molecule has 0 amide bonds. The first-order chi connectivity index (χ1) is 8.56. The number of hydrogen-bond donors (Lipinski definition) is 1. The van der Waals surface area contributed by atoms with Crippen LogP contribution in [0.1, 0.15) is 12.0 Å². The van der Waals surface area contributed by atoms with E-state index in [0.717, 1.165) is 6.42 Å². The summed E-state index contributed by atoms with van der Waals surface area (Å²) in [6, 6.07) is 4.00. The molecule has 1 aliphatic rings. The zero-order valence-corrected chi connectivity index (χ0v) is 9.89. The van der Waals surface area contributed by atoms with E-state index in [0.29, 0.717) is 31.7 Å². The van der Waals surface area contributed by atoms with Crippen molar-refractivity contribution >= 4 is 5.69 Å². The zero-order chi connectivity index (χ0) is 13.2. The Bertz CT molecular complexity index is 459.